The van der Waals surface area contributed by atoms with Crippen LogP contribution in [0.3, 0.4) is 0 Å². The van der Waals surface area contributed by atoms with Crippen LogP contribution in [0.2, 0.25) is 0 Å². The fourth-order valence-electron chi connectivity index (χ4n) is 2.89. The molecule has 2 rings (SSSR count). The van der Waals surface area contributed by atoms with Gasteiger partial charge in [-0.3, -0.25) is 14.7 Å². The van der Waals surface area contributed by atoms with Crippen molar-refractivity contribution in [1.82, 2.24) is 15.5 Å². The number of aliphatic imine (C=N–C) groups is 1. The Balaban J connectivity index is 1.88. The number of rotatable bonds is 7. The van der Waals surface area contributed by atoms with Crippen molar-refractivity contribution < 1.29 is 13.9 Å². The van der Waals surface area contributed by atoms with Gasteiger partial charge in [0, 0.05) is 20.1 Å². The molecule has 0 amide bonds. The highest BCUT2D eigenvalue weighted by Gasteiger charge is 2.25. The van der Waals surface area contributed by atoms with E-state index in [-0.39, 0.29) is 17.9 Å². The maximum Gasteiger partial charge on any atom is 0.310 e. The molecule has 2 heterocycles. The normalized spacial score (nSPS) is 18.2. The zero-order valence-electron chi connectivity index (χ0n) is 14.7. The third-order valence-electron chi connectivity index (χ3n) is 4.32. The number of guanidine groups is 1. The number of esters is 1. The zero-order chi connectivity index (χ0) is 17.4. The van der Waals surface area contributed by atoms with E-state index in [2.05, 4.69) is 20.5 Å². The summed E-state index contributed by atoms with van der Waals surface area (Å²) in [4.78, 5) is 18.1. The average Bonchev–Trinajstić information content (AvgIpc) is 3.30. The Labute approximate surface area is 143 Å². The summed E-state index contributed by atoms with van der Waals surface area (Å²) in [5.74, 6) is 1.17. The second-order valence-corrected chi connectivity index (χ2v) is 6.03. The van der Waals surface area contributed by atoms with E-state index < -0.39 is 0 Å². The first-order chi connectivity index (χ1) is 11.7. The molecule has 1 saturated heterocycles. The number of nitrogens with zero attached hydrogens (tertiary/aromatic N) is 2. The third kappa shape index (κ3) is 4.99. The van der Waals surface area contributed by atoms with Crippen molar-refractivity contribution in [3.63, 3.8) is 0 Å². The first-order valence-corrected chi connectivity index (χ1v) is 8.45. The largest absolute Gasteiger partial charge is 0.469 e. The quantitative estimate of drug-likeness (QED) is 0.445. The molecule has 1 aliphatic heterocycles. The number of hydrogen-bond acceptors (Lipinski definition) is 5. The molecule has 1 aliphatic rings. The third-order valence-corrected chi connectivity index (χ3v) is 4.32. The van der Waals surface area contributed by atoms with Gasteiger partial charge >= 0.3 is 5.97 Å². The van der Waals surface area contributed by atoms with Gasteiger partial charge in [-0.1, -0.05) is 6.92 Å². The molecule has 0 aromatic carbocycles. The molecule has 7 heteroatoms. The molecule has 1 aromatic rings. The first-order valence-electron chi connectivity index (χ1n) is 8.45. The summed E-state index contributed by atoms with van der Waals surface area (Å²) in [6.45, 7) is 5.15. The molecule has 134 valence electrons. The Hall–Kier alpha value is -2.02. The summed E-state index contributed by atoms with van der Waals surface area (Å²) >= 11 is 0. The van der Waals surface area contributed by atoms with Crippen molar-refractivity contribution >= 4 is 11.9 Å². The maximum absolute atomic E-state index is 11.5. The van der Waals surface area contributed by atoms with Gasteiger partial charge in [0.25, 0.3) is 0 Å². The van der Waals surface area contributed by atoms with Crippen LogP contribution in [0.1, 0.15) is 31.6 Å². The molecule has 2 N–H and O–H groups in total. The molecule has 1 fully saturated rings. The number of likely N-dealkylation sites (tertiary alicyclic amines) is 1. The topological polar surface area (TPSA) is 79.1 Å². The van der Waals surface area contributed by atoms with Crippen LogP contribution < -0.4 is 10.6 Å². The van der Waals surface area contributed by atoms with Crippen molar-refractivity contribution in [2.24, 2.45) is 10.9 Å². The van der Waals surface area contributed by atoms with Gasteiger partial charge in [-0.2, -0.15) is 0 Å². The molecule has 0 aliphatic carbocycles. The minimum atomic E-state index is -0.233. The Morgan fingerprint density at radius 2 is 2.08 bits per heavy atom. The van der Waals surface area contributed by atoms with Gasteiger partial charge in [0.05, 0.1) is 25.3 Å². The minimum Gasteiger partial charge on any atom is -0.469 e. The predicted octanol–water partition coefficient (Wildman–Crippen LogP) is 1.39. The Morgan fingerprint density at radius 3 is 2.67 bits per heavy atom. The lowest BCUT2D eigenvalue weighted by atomic mass is 10.2. The fraction of sp³-hybridized carbons (Fsp3) is 0.647. The van der Waals surface area contributed by atoms with E-state index in [0.717, 1.165) is 18.8 Å². The highest BCUT2D eigenvalue weighted by Crippen LogP contribution is 2.24. The van der Waals surface area contributed by atoms with Crippen LogP contribution >= 0.6 is 0 Å². The lowest BCUT2D eigenvalue weighted by Gasteiger charge is -2.27. The molecular weight excluding hydrogens is 308 g/mol. The monoisotopic (exact) mass is 336 g/mol. The molecule has 0 bridgehead atoms. The number of hydrogen-bond donors (Lipinski definition) is 2. The zero-order valence-corrected chi connectivity index (χ0v) is 14.7. The molecule has 2 atom stereocenters. The van der Waals surface area contributed by atoms with Crippen molar-refractivity contribution in [3.05, 3.63) is 24.2 Å². The van der Waals surface area contributed by atoms with Crippen molar-refractivity contribution in [2.75, 3.05) is 40.3 Å². The van der Waals surface area contributed by atoms with Crippen LogP contribution in [0, 0.1) is 5.92 Å². The molecule has 0 radical (unpaired) electrons. The second kappa shape index (κ2) is 9.32. The highest BCUT2D eigenvalue weighted by molar-refractivity contribution is 5.80. The minimum absolute atomic E-state index is 0.180. The number of methoxy groups -OCH3 is 1. The van der Waals surface area contributed by atoms with Crippen LogP contribution in [0.25, 0.3) is 0 Å². The van der Waals surface area contributed by atoms with Gasteiger partial charge in [-0.15, -0.1) is 0 Å². The summed E-state index contributed by atoms with van der Waals surface area (Å²) in [5.41, 5.74) is 0. The fourth-order valence-corrected chi connectivity index (χ4v) is 2.89. The summed E-state index contributed by atoms with van der Waals surface area (Å²) in [6.07, 6.45) is 4.16. The molecule has 2 unspecified atom stereocenters. The summed E-state index contributed by atoms with van der Waals surface area (Å²) in [5, 5.41) is 6.50. The molecule has 0 spiro atoms. The van der Waals surface area contributed by atoms with Crippen LogP contribution in [-0.2, 0) is 9.53 Å². The Kier molecular flexibility index (Phi) is 7.11. The number of carbonyl (C=O) groups excluding carboxylic acids is 1. The van der Waals surface area contributed by atoms with E-state index in [4.69, 9.17) is 9.15 Å². The van der Waals surface area contributed by atoms with Crippen molar-refractivity contribution in [1.29, 1.82) is 0 Å². The second-order valence-electron chi connectivity index (χ2n) is 6.03. The van der Waals surface area contributed by atoms with Gasteiger partial charge in [-0.05, 0) is 38.1 Å². The van der Waals surface area contributed by atoms with Crippen LogP contribution in [-0.4, -0.2) is 57.2 Å². The van der Waals surface area contributed by atoms with Gasteiger partial charge in [0.2, 0.25) is 0 Å². The lowest BCUT2D eigenvalue weighted by molar-refractivity contribution is -0.144. The SMILES string of the molecule is CN=C(NCC(C)C(=O)OC)NCC(c1ccco1)N1CCCC1. The summed E-state index contributed by atoms with van der Waals surface area (Å²) in [7, 11) is 3.12. The summed E-state index contributed by atoms with van der Waals surface area (Å²) in [6, 6.07) is 4.11. The van der Waals surface area contributed by atoms with E-state index in [9.17, 15) is 4.79 Å². The molecule has 0 saturated carbocycles. The van der Waals surface area contributed by atoms with Crippen LogP contribution in [0.5, 0.6) is 0 Å². The lowest BCUT2D eigenvalue weighted by Crippen LogP contribution is -2.44. The van der Waals surface area contributed by atoms with Crippen molar-refractivity contribution in [3.8, 4) is 0 Å². The maximum atomic E-state index is 11.5. The van der Waals surface area contributed by atoms with E-state index >= 15 is 0 Å². The standard InChI is InChI=1S/C17H28N4O3/c1-13(16(22)23-3)11-19-17(18-2)20-12-14(15-7-6-10-24-15)21-8-4-5-9-21/h6-7,10,13-14H,4-5,8-9,11-12H2,1-3H3,(H2,18,19,20). The average molecular weight is 336 g/mol. The highest BCUT2D eigenvalue weighted by atomic mass is 16.5. The Bertz CT molecular complexity index is 524. The molecule has 7 nitrogen and oxygen atoms in total. The first kappa shape index (κ1) is 18.3. The smallest absolute Gasteiger partial charge is 0.310 e. The predicted molar refractivity (Wildman–Crippen MR) is 92.8 cm³/mol. The summed E-state index contributed by atoms with van der Waals surface area (Å²) < 4.78 is 10.3. The van der Waals surface area contributed by atoms with Gasteiger partial charge in [0.1, 0.15) is 5.76 Å². The Morgan fingerprint density at radius 1 is 1.38 bits per heavy atom. The van der Waals surface area contributed by atoms with E-state index in [1.54, 1.807) is 13.3 Å². The van der Waals surface area contributed by atoms with Crippen molar-refractivity contribution in [2.45, 2.75) is 25.8 Å². The van der Waals surface area contributed by atoms with E-state index in [1.165, 1.54) is 20.0 Å². The number of carbonyl (C=O) groups is 1. The van der Waals surface area contributed by atoms with Gasteiger partial charge in [-0.25, -0.2) is 0 Å². The van der Waals surface area contributed by atoms with Crippen LogP contribution in [0.4, 0.5) is 0 Å². The van der Waals surface area contributed by atoms with E-state index in [1.807, 2.05) is 19.1 Å². The molecule has 1 aromatic heterocycles. The number of furan rings is 1. The van der Waals surface area contributed by atoms with Crippen LogP contribution in [0.15, 0.2) is 27.8 Å². The molecule has 24 heavy (non-hydrogen) atoms. The van der Waals surface area contributed by atoms with Gasteiger partial charge < -0.3 is 19.8 Å². The van der Waals surface area contributed by atoms with E-state index in [0.29, 0.717) is 19.0 Å². The number of nitrogens with one attached hydrogen (secondary N) is 2. The number of ether oxygens (including phenoxy) is 1. The molecular formula is C17H28N4O3. The van der Waals surface area contributed by atoms with Gasteiger partial charge in [0.15, 0.2) is 5.96 Å².